The van der Waals surface area contributed by atoms with E-state index in [1.54, 1.807) is 13.1 Å². The van der Waals surface area contributed by atoms with Gasteiger partial charge < -0.3 is 0 Å². The summed E-state index contributed by atoms with van der Waals surface area (Å²) < 4.78 is 0. The molecule has 2 heteroatoms. The van der Waals surface area contributed by atoms with Crippen LogP contribution in [0.2, 0.25) is 0 Å². The molecule has 74 valence electrons. The smallest absolute Gasteiger partial charge is 0.155 e. The van der Waals surface area contributed by atoms with Gasteiger partial charge in [-0.2, -0.15) is 0 Å². The lowest BCUT2D eigenvalue weighted by atomic mass is 9.99. The summed E-state index contributed by atoms with van der Waals surface area (Å²) in [7, 11) is 0. The van der Waals surface area contributed by atoms with Gasteiger partial charge in [0.25, 0.3) is 0 Å². The fourth-order valence-electron chi connectivity index (χ4n) is 1.35. The summed E-state index contributed by atoms with van der Waals surface area (Å²) in [5.41, 5.74) is 3.84. The average molecular weight is 189 g/mol. The second-order valence-corrected chi connectivity index (χ2v) is 3.44. The molecule has 0 fully saturated rings. The Morgan fingerprint density at radius 1 is 1.29 bits per heavy atom. The van der Waals surface area contributed by atoms with Crippen LogP contribution in [0.1, 0.15) is 32.0 Å². The van der Waals surface area contributed by atoms with Gasteiger partial charge in [0.15, 0.2) is 5.78 Å². The monoisotopic (exact) mass is 189 g/mol. The van der Waals surface area contributed by atoms with Crippen molar-refractivity contribution in [1.29, 1.82) is 0 Å². The fourth-order valence-corrected chi connectivity index (χ4v) is 1.35. The Bertz CT molecular complexity index is 391. The number of nitrogens with zero attached hydrogens (tertiary/aromatic N) is 1. The minimum Gasteiger partial charge on any atom is -0.295 e. The maximum atomic E-state index is 11.2. The number of Topliss-reactive ketones (excluding diaryl/α,β-unsaturated/α-hetero) is 1. The summed E-state index contributed by atoms with van der Waals surface area (Å²) in [6.45, 7) is 7.35. The molecule has 0 saturated carbocycles. The molecule has 0 aliphatic heterocycles. The molecular formula is C12H15NO. The number of rotatable bonds is 2. The number of allylic oxidation sites excluding steroid dienone is 2. The minimum atomic E-state index is 0.116. The van der Waals surface area contributed by atoms with Crippen molar-refractivity contribution >= 4 is 11.4 Å². The summed E-state index contributed by atoms with van der Waals surface area (Å²) in [5.74, 6) is 0.116. The molecule has 0 atom stereocenters. The highest BCUT2D eigenvalue weighted by Gasteiger charge is 2.06. The Morgan fingerprint density at radius 2 is 1.93 bits per heavy atom. The predicted molar refractivity (Wildman–Crippen MR) is 57.9 cm³/mol. The zero-order chi connectivity index (χ0) is 10.7. The highest BCUT2D eigenvalue weighted by Crippen LogP contribution is 2.20. The van der Waals surface area contributed by atoms with Gasteiger partial charge >= 0.3 is 0 Å². The Morgan fingerprint density at radius 3 is 2.43 bits per heavy atom. The summed E-state index contributed by atoms with van der Waals surface area (Å²) in [5, 5.41) is 0. The van der Waals surface area contributed by atoms with E-state index >= 15 is 0 Å². The quantitative estimate of drug-likeness (QED) is 0.669. The van der Waals surface area contributed by atoms with Gasteiger partial charge in [0.1, 0.15) is 0 Å². The van der Waals surface area contributed by atoms with Crippen molar-refractivity contribution in [2.45, 2.75) is 27.7 Å². The molecular weight excluding hydrogens is 174 g/mol. The van der Waals surface area contributed by atoms with Crippen LogP contribution in [0.15, 0.2) is 23.9 Å². The highest BCUT2D eigenvalue weighted by atomic mass is 16.1. The number of hydrogen-bond donors (Lipinski definition) is 0. The van der Waals surface area contributed by atoms with E-state index in [9.17, 15) is 4.79 Å². The maximum Gasteiger partial charge on any atom is 0.155 e. The van der Waals surface area contributed by atoms with Gasteiger partial charge in [-0.15, -0.1) is 0 Å². The van der Waals surface area contributed by atoms with Gasteiger partial charge in [-0.1, -0.05) is 6.07 Å². The first-order valence-corrected chi connectivity index (χ1v) is 4.64. The van der Waals surface area contributed by atoms with E-state index in [1.807, 2.05) is 32.9 Å². The molecule has 0 unspecified atom stereocenters. The molecule has 0 spiro atoms. The van der Waals surface area contributed by atoms with Crippen LogP contribution < -0.4 is 0 Å². The molecule has 0 amide bonds. The number of hydrogen-bond acceptors (Lipinski definition) is 2. The molecule has 0 radical (unpaired) electrons. The maximum absolute atomic E-state index is 11.2. The third-order valence-electron chi connectivity index (χ3n) is 2.50. The second-order valence-electron chi connectivity index (χ2n) is 3.44. The number of aryl methyl sites for hydroxylation is 1. The standard InChI is InChI=1S/C12H15NO/c1-8(11(4)14)9(2)12-6-5-7-13-10(12)3/h5-7H,1-4H3/b9-8+. The van der Waals surface area contributed by atoms with Crippen LogP contribution in [0.4, 0.5) is 0 Å². The molecule has 0 aliphatic rings. The van der Waals surface area contributed by atoms with E-state index < -0.39 is 0 Å². The highest BCUT2D eigenvalue weighted by molar-refractivity contribution is 6.00. The Kier molecular flexibility index (Phi) is 3.18. The summed E-state index contributed by atoms with van der Waals surface area (Å²) in [4.78, 5) is 15.4. The Labute approximate surface area is 84.7 Å². The van der Waals surface area contributed by atoms with Crippen LogP contribution in [-0.4, -0.2) is 10.8 Å². The number of carbonyl (C=O) groups is 1. The lowest BCUT2D eigenvalue weighted by Gasteiger charge is -2.07. The number of aromatic nitrogens is 1. The third kappa shape index (κ3) is 2.08. The van der Waals surface area contributed by atoms with Crippen molar-refractivity contribution in [3.05, 3.63) is 35.2 Å². The Balaban J connectivity index is 3.25. The van der Waals surface area contributed by atoms with Gasteiger partial charge in [0.2, 0.25) is 0 Å². The molecule has 0 bridgehead atoms. The topological polar surface area (TPSA) is 30.0 Å². The second kappa shape index (κ2) is 4.18. The van der Waals surface area contributed by atoms with E-state index in [0.29, 0.717) is 0 Å². The molecule has 0 aliphatic carbocycles. The van der Waals surface area contributed by atoms with Crippen molar-refractivity contribution in [2.24, 2.45) is 0 Å². The molecule has 0 saturated heterocycles. The normalized spacial score (nSPS) is 12.3. The third-order valence-corrected chi connectivity index (χ3v) is 2.50. The van der Waals surface area contributed by atoms with Crippen molar-refractivity contribution in [1.82, 2.24) is 4.98 Å². The van der Waals surface area contributed by atoms with Crippen LogP contribution in [-0.2, 0) is 4.79 Å². The first-order chi connectivity index (χ1) is 6.54. The summed E-state index contributed by atoms with van der Waals surface area (Å²) >= 11 is 0. The van der Waals surface area contributed by atoms with Crippen LogP contribution >= 0.6 is 0 Å². The molecule has 2 nitrogen and oxygen atoms in total. The molecule has 14 heavy (non-hydrogen) atoms. The van der Waals surface area contributed by atoms with Crippen molar-refractivity contribution < 1.29 is 4.79 Å². The molecule has 1 aromatic heterocycles. The van der Waals surface area contributed by atoms with E-state index in [-0.39, 0.29) is 5.78 Å². The lowest BCUT2D eigenvalue weighted by Crippen LogP contribution is -1.97. The largest absolute Gasteiger partial charge is 0.295 e. The van der Waals surface area contributed by atoms with Gasteiger partial charge in [0.05, 0.1) is 0 Å². The van der Waals surface area contributed by atoms with Crippen molar-refractivity contribution in [3.8, 4) is 0 Å². The zero-order valence-corrected chi connectivity index (χ0v) is 9.09. The van der Waals surface area contributed by atoms with Crippen LogP contribution in [0.25, 0.3) is 5.57 Å². The molecule has 1 aromatic rings. The van der Waals surface area contributed by atoms with E-state index in [1.165, 1.54) is 0 Å². The van der Waals surface area contributed by atoms with Crippen molar-refractivity contribution in [2.75, 3.05) is 0 Å². The number of carbonyl (C=O) groups excluding carboxylic acids is 1. The van der Waals surface area contributed by atoms with Crippen molar-refractivity contribution in [3.63, 3.8) is 0 Å². The van der Waals surface area contributed by atoms with Gasteiger partial charge in [0, 0.05) is 11.9 Å². The molecule has 1 rings (SSSR count). The van der Waals surface area contributed by atoms with E-state index in [0.717, 1.165) is 22.4 Å². The molecule has 1 heterocycles. The Hall–Kier alpha value is -1.44. The number of ketones is 1. The lowest BCUT2D eigenvalue weighted by molar-refractivity contribution is -0.113. The van der Waals surface area contributed by atoms with Gasteiger partial charge in [-0.25, -0.2) is 0 Å². The van der Waals surface area contributed by atoms with Crippen LogP contribution in [0, 0.1) is 6.92 Å². The minimum absolute atomic E-state index is 0.116. The predicted octanol–water partition coefficient (Wildman–Crippen LogP) is 2.77. The summed E-state index contributed by atoms with van der Waals surface area (Å²) in [6, 6.07) is 3.88. The molecule has 0 aromatic carbocycles. The SMILES string of the molecule is CC(=O)/C(C)=C(\C)c1cccnc1C. The molecule has 0 N–H and O–H groups in total. The first kappa shape index (κ1) is 10.6. The van der Waals surface area contributed by atoms with Crippen LogP contribution in [0.5, 0.6) is 0 Å². The number of pyridine rings is 1. The fraction of sp³-hybridized carbons (Fsp3) is 0.333. The first-order valence-electron chi connectivity index (χ1n) is 4.64. The summed E-state index contributed by atoms with van der Waals surface area (Å²) in [6.07, 6.45) is 1.76. The van der Waals surface area contributed by atoms with Gasteiger partial charge in [-0.3, -0.25) is 9.78 Å². The van der Waals surface area contributed by atoms with E-state index in [2.05, 4.69) is 4.98 Å². The zero-order valence-electron chi connectivity index (χ0n) is 9.09. The van der Waals surface area contributed by atoms with Crippen LogP contribution in [0.3, 0.4) is 0 Å². The average Bonchev–Trinajstić information content (AvgIpc) is 2.16. The van der Waals surface area contributed by atoms with E-state index in [4.69, 9.17) is 0 Å². The van der Waals surface area contributed by atoms with Gasteiger partial charge in [-0.05, 0) is 50.5 Å².